The first-order valence-electron chi connectivity index (χ1n) is 7.51. The number of halogens is 2. The molecule has 0 spiro atoms. The van der Waals surface area contributed by atoms with Crippen molar-refractivity contribution in [1.82, 2.24) is 4.98 Å². The molecule has 1 aromatic heterocycles. The number of rotatable bonds is 3. The number of ether oxygens (including phenoxy) is 1. The molecule has 3 nitrogen and oxygen atoms in total. The van der Waals surface area contributed by atoms with Gasteiger partial charge in [-0.2, -0.15) is 0 Å². The number of nitrogens with zero attached hydrogens (tertiary/aromatic N) is 1. The van der Waals surface area contributed by atoms with Gasteiger partial charge in [-0.05, 0) is 37.5 Å². The summed E-state index contributed by atoms with van der Waals surface area (Å²) in [4.78, 5) is 4.33. The third-order valence-corrected chi connectivity index (χ3v) is 4.03. The van der Waals surface area contributed by atoms with Gasteiger partial charge < -0.3 is 10.5 Å². The Balaban J connectivity index is 2.17. The summed E-state index contributed by atoms with van der Waals surface area (Å²) in [5, 5.41) is 0. The third kappa shape index (κ3) is 2.91. The van der Waals surface area contributed by atoms with Crippen LogP contribution in [-0.2, 0) is 6.42 Å². The molecule has 0 radical (unpaired) electrons. The molecule has 1 aliphatic rings. The number of aromatic nitrogens is 1. The zero-order valence-corrected chi connectivity index (χ0v) is 12.9. The Morgan fingerprint density at radius 3 is 2.78 bits per heavy atom. The number of fused-ring (bicyclic) bond motifs is 1. The van der Waals surface area contributed by atoms with Crippen LogP contribution in [0, 0.1) is 5.82 Å². The molecule has 2 unspecified atom stereocenters. The largest absolute Gasteiger partial charge is 0.471 e. The van der Waals surface area contributed by atoms with Crippen LogP contribution in [0.5, 0.6) is 5.88 Å². The Morgan fingerprint density at radius 1 is 1.39 bits per heavy atom. The van der Waals surface area contributed by atoms with Crippen molar-refractivity contribution in [2.45, 2.75) is 32.0 Å². The fraction of sp³-hybridized carbons (Fsp3) is 0.278. The van der Waals surface area contributed by atoms with Crippen LogP contribution >= 0.6 is 0 Å². The molecule has 2 N–H and O–H groups in total. The van der Waals surface area contributed by atoms with Gasteiger partial charge in [-0.3, -0.25) is 0 Å². The molecule has 0 saturated heterocycles. The van der Waals surface area contributed by atoms with E-state index in [2.05, 4.69) is 11.6 Å². The van der Waals surface area contributed by atoms with Crippen LogP contribution in [0.1, 0.15) is 24.6 Å². The Labute approximate surface area is 133 Å². The number of nitrogens with two attached hydrogens (primary N) is 1. The first-order chi connectivity index (χ1) is 11.0. The van der Waals surface area contributed by atoms with E-state index < -0.39 is 12.3 Å². The highest BCUT2D eigenvalue weighted by atomic mass is 19.1. The van der Waals surface area contributed by atoms with Crippen molar-refractivity contribution in [3.63, 3.8) is 0 Å². The lowest BCUT2D eigenvalue weighted by atomic mass is 9.93. The van der Waals surface area contributed by atoms with Gasteiger partial charge in [-0.1, -0.05) is 24.8 Å². The molecule has 3 rings (SSSR count). The van der Waals surface area contributed by atoms with Crippen LogP contribution in [0.3, 0.4) is 0 Å². The molecular weight excluding hydrogens is 298 g/mol. The number of alkyl halides is 1. The molecule has 5 heteroatoms. The highest BCUT2D eigenvalue weighted by Gasteiger charge is 2.29. The summed E-state index contributed by atoms with van der Waals surface area (Å²) < 4.78 is 33.5. The molecule has 0 fully saturated rings. The zero-order chi connectivity index (χ0) is 16.6. The molecule has 0 aliphatic carbocycles. The fourth-order valence-electron chi connectivity index (χ4n) is 2.78. The van der Waals surface area contributed by atoms with E-state index in [4.69, 9.17) is 10.5 Å². The molecule has 23 heavy (non-hydrogen) atoms. The van der Waals surface area contributed by atoms with Crippen LogP contribution in [-0.4, -0.2) is 17.3 Å². The van der Waals surface area contributed by atoms with Crippen molar-refractivity contribution >= 4 is 5.70 Å². The standard InChI is InChI=1S/C18H18F2N2O/c1-10(19)17-8-7-13-14(12-5-3-4-6-15(12)20)9-16(11(2)21)22-18(13)23-17/h3-6,9-10,17H,2,7-8,21H2,1H3. The summed E-state index contributed by atoms with van der Waals surface area (Å²) in [5.74, 6) is -0.0245. The number of pyridine rings is 1. The highest BCUT2D eigenvalue weighted by Crippen LogP contribution is 2.37. The van der Waals surface area contributed by atoms with Crippen molar-refractivity contribution < 1.29 is 13.5 Å². The second kappa shape index (κ2) is 5.99. The normalized spacial score (nSPS) is 18.0. The number of hydrogen-bond donors (Lipinski definition) is 1. The predicted molar refractivity (Wildman–Crippen MR) is 86.2 cm³/mol. The molecule has 2 heterocycles. The monoisotopic (exact) mass is 316 g/mol. The van der Waals surface area contributed by atoms with E-state index >= 15 is 0 Å². The van der Waals surface area contributed by atoms with Crippen LogP contribution in [0.15, 0.2) is 36.9 Å². The first kappa shape index (κ1) is 15.5. The van der Waals surface area contributed by atoms with Gasteiger partial charge >= 0.3 is 0 Å². The van der Waals surface area contributed by atoms with Gasteiger partial charge in [0, 0.05) is 11.1 Å². The lowest BCUT2D eigenvalue weighted by Gasteiger charge is -2.28. The molecule has 2 aromatic rings. The molecule has 0 saturated carbocycles. The summed E-state index contributed by atoms with van der Waals surface area (Å²) in [7, 11) is 0. The van der Waals surface area contributed by atoms with Crippen molar-refractivity contribution in [3.05, 3.63) is 54.0 Å². The summed E-state index contributed by atoms with van der Waals surface area (Å²) >= 11 is 0. The van der Waals surface area contributed by atoms with Crippen molar-refractivity contribution in [3.8, 4) is 17.0 Å². The average Bonchev–Trinajstić information content (AvgIpc) is 2.53. The van der Waals surface area contributed by atoms with Gasteiger partial charge in [-0.15, -0.1) is 0 Å². The van der Waals surface area contributed by atoms with Crippen molar-refractivity contribution in [2.75, 3.05) is 0 Å². The third-order valence-electron chi connectivity index (χ3n) is 4.03. The molecular formula is C18H18F2N2O. The molecule has 0 bridgehead atoms. The van der Waals surface area contributed by atoms with E-state index in [1.807, 2.05) is 0 Å². The van der Waals surface area contributed by atoms with Crippen molar-refractivity contribution in [1.29, 1.82) is 0 Å². The SMILES string of the molecule is C=C(N)c1cc(-c2ccccc2F)c2c(n1)OC(C(C)F)CC2. The van der Waals surface area contributed by atoms with Crippen LogP contribution in [0.25, 0.3) is 16.8 Å². The Bertz CT molecular complexity index is 759. The smallest absolute Gasteiger partial charge is 0.218 e. The topological polar surface area (TPSA) is 48.1 Å². The Morgan fingerprint density at radius 2 is 2.13 bits per heavy atom. The lowest BCUT2D eigenvalue weighted by Crippen LogP contribution is -2.31. The number of hydrogen-bond acceptors (Lipinski definition) is 3. The van der Waals surface area contributed by atoms with Gasteiger partial charge in [-0.25, -0.2) is 13.8 Å². The van der Waals surface area contributed by atoms with Gasteiger partial charge in [0.15, 0.2) is 0 Å². The lowest BCUT2D eigenvalue weighted by molar-refractivity contribution is 0.0861. The summed E-state index contributed by atoms with van der Waals surface area (Å²) in [5.41, 5.74) is 8.30. The summed E-state index contributed by atoms with van der Waals surface area (Å²) in [6, 6.07) is 8.19. The van der Waals surface area contributed by atoms with Gasteiger partial charge in [0.1, 0.15) is 18.1 Å². The van der Waals surface area contributed by atoms with Gasteiger partial charge in [0.05, 0.1) is 11.4 Å². The minimum atomic E-state index is -1.11. The van der Waals surface area contributed by atoms with E-state index in [1.165, 1.54) is 13.0 Å². The second-order valence-electron chi connectivity index (χ2n) is 5.72. The predicted octanol–water partition coefficient (Wildman–Crippen LogP) is 3.87. The second-order valence-corrected chi connectivity index (χ2v) is 5.72. The Kier molecular flexibility index (Phi) is 4.03. The van der Waals surface area contributed by atoms with E-state index in [0.717, 1.165) is 5.56 Å². The quantitative estimate of drug-likeness (QED) is 0.935. The molecule has 0 amide bonds. The minimum absolute atomic E-state index is 0.254. The van der Waals surface area contributed by atoms with E-state index in [0.29, 0.717) is 35.5 Å². The summed E-state index contributed by atoms with van der Waals surface area (Å²) in [6.45, 7) is 5.14. The summed E-state index contributed by atoms with van der Waals surface area (Å²) in [6.07, 6.45) is -0.560. The van der Waals surface area contributed by atoms with E-state index in [-0.39, 0.29) is 11.5 Å². The number of benzene rings is 1. The molecule has 2 atom stereocenters. The van der Waals surface area contributed by atoms with E-state index in [1.54, 1.807) is 24.3 Å². The van der Waals surface area contributed by atoms with Crippen LogP contribution in [0.4, 0.5) is 8.78 Å². The maximum atomic E-state index is 14.2. The van der Waals surface area contributed by atoms with E-state index in [9.17, 15) is 8.78 Å². The maximum Gasteiger partial charge on any atom is 0.218 e. The Hall–Kier alpha value is -2.43. The van der Waals surface area contributed by atoms with Crippen molar-refractivity contribution in [2.24, 2.45) is 5.73 Å². The van der Waals surface area contributed by atoms with Gasteiger partial charge in [0.2, 0.25) is 5.88 Å². The van der Waals surface area contributed by atoms with Gasteiger partial charge in [0.25, 0.3) is 0 Å². The van der Waals surface area contributed by atoms with Crippen LogP contribution in [0.2, 0.25) is 0 Å². The minimum Gasteiger partial charge on any atom is -0.471 e. The molecule has 1 aliphatic heterocycles. The average molecular weight is 316 g/mol. The highest BCUT2D eigenvalue weighted by molar-refractivity contribution is 5.74. The first-order valence-corrected chi connectivity index (χ1v) is 7.51. The zero-order valence-electron chi connectivity index (χ0n) is 12.9. The molecule has 1 aromatic carbocycles. The maximum absolute atomic E-state index is 14.2. The van der Waals surface area contributed by atoms with Crippen LogP contribution < -0.4 is 10.5 Å². The fourth-order valence-corrected chi connectivity index (χ4v) is 2.78. The molecule has 120 valence electrons.